The molecule has 0 radical (unpaired) electrons. The lowest BCUT2D eigenvalue weighted by Crippen LogP contribution is -2.59. The zero-order chi connectivity index (χ0) is 13.0. The maximum absolute atomic E-state index is 10.7. The number of nitrogens with zero attached hydrogens (tertiary/aromatic N) is 2. The van der Waals surface area contributed by atoms with Crippen LogP contribution in [0.15, 0.2) is 9.98 Å². The highest BCUT2D eigenvalue weighted by Gasteiger charge is 2.73. The van der Waals surface area contributed by atoms with E-state index in [4.69, 9.17) is 0 Å². The van der Waals surface area contributed by atoms with E-state index in [1.165, 1.54) is 12.8 Å². The van der Waals surface area contributed by atoms with Crippen molar-refractivity contribution >= 4 is 12.2 Å². The second kappa shape index (κ2) is 3.40. The number of aliphatic imine (C=N–C) groups is 2. The van der Waals surface area contributed by atoms with E-state index in [1.807, 2.05) is 0 Å². The van der Waals surface area contributed by atoms with Crippen molar-refractivity contribution in [3.8, 4) is 0 Å². The van der Waals surface area contributed by atoms with Gasteiger partial charge in [0.1, 0.15) is 0 Å². The average molecular weight is 246 g/mol. The summed E-state index contributed by atoms with van der Waals surface area (Å²) in [7, 11) is 0. The third kappa shape index (κ3) is 1.23. The molecule has 0 heterocycles. The van der Waals surface area contributed by atoms with E-state index in [0.717, 1.165) is 19.3 Å². The van der Waals surface area contributed by atoms with Crippen LogP contribution in [0.5, 0.6) is 0 Å². The van der Waals surface area contributed by atoms with Crippen LogP contribution in [-0.4, -0.2) is 23.2 Å². The molecule has 0 aliphatic heterocycles. The van der Waals surface area contributed by atoms with E-state index in [9.17, 15) is 9.59 Å². The highest BCUT2D eigenvalue weighted by atomic mass is 16.1. The van der Waals surface area contributed by atoms with Crippen molar-refractivity contribution < 1.29 is 9.59 Å². The summed E-state index contributed by atoms with van der Waals surface area (Å²) in [6.45, 7) is 4.12. The van der Waals surface area contributed by atoms with Crippen LogP contribution >= 0.6 is 0 Å². The summed E-state index contributed by atoms with van der Waals surface area (Å²) in [5, 5.41) is 0. The molecule has 4 heteroatoms. The van der Waals surface area contributed by atoms with Gasteiger partial charge in [-0.25, -0.2) is 9.59 Å². The Morgan fingerprint density at radius 3 is 2.33 bits per heavy atom. The molecule has 0 saturated heterocycles. The minimum absolute atomic E-state index is 0.257. The number of hydrogen-bond donors (Lipinski definition) is 0. The Labute approximate surface area is 107 Å². The van der Waals surface area contributed by atoms with Gasteiger partial charge in [0.25, 0.3) is 0 Å². The summed E-state index contributed by atoms with van der Waals surface area (Å²) in [5.74, 6) is 0.755. The molecule has 0 aromatic carbocycles. The standard InChI is InChI=1S/C14H18N2O2/c1-12(15-8-17)6-14-5-3-4-10(12)11(14)13(2,7-14)16-9-18/h10-11H,3-7H2,1-2H3. The van der Waals surface area contributed by atoms with Gasteiger partial charge in [-0.3, -0.25) is 0 Å². The predicted octanol–water partition coefficient (Wildman–Crippen LogP) is 2.39. The molecule has 3 aliphatic rings. The van der Waals surface area contributed by atoms with Gasteiger partial charge in [0.15, 0.2) is 0 Å². The normalized spacial score (nSPS) is 52.6. The van der Waals surface area contributed by atoms with Gasteiger partial charge in [-0.05, 0) is 56.8 Å². The minimum Gasteiger partial charge on any atom is -0.211 e. The molecule has 5 unspecified atom stereocenters. The molecule has 0 N–H and O–H groups in total. The molecule has 5 atom stereocenters. The molecule has 0 aromatic rings. The van der Waals surface area contributed by atoms with Gasteiger partial charge >= 0.3 is 0 Å². The van der Waals surface area contributed by atoms with Gasteiger partial charge in [0.2, 0.25) is 12.2 Å². The molecule has 3 fully saturated rings. The zero-order valence-corrected chi connectivity index (χ0v) is 10.9. The van der Waals surface area contributed by atoms with Crippen LogP contribution in [0.4, 0.5) is 0 Å². The predicted molar refractivity (Wildman–Crippen MR) is 65.6 cm³/mol. The highest BCUT2D eigenvalue weighted by molar-refractivity contribution is 5.40. The fourth-order valence-electron chi connectivity index (χ4n) is 5.62. The number of isocyanates is 2. The van der Waals surface area contributed by atoms with Crippen molar-refractivity contribution in [3.63, 3.8) is 0 Å². The van der Waals surface area contributed by atoms with Crippen LogP contribution in [0, 0.1) is 17.3 Å². The quantitative estimate of drug-likeness (QED) is 0.555. The molecule has 0 amide bonds. The molecule has 18 heavy (non-hydrogen) atoms. The van der Waals surface area contributed by atoms with Crippen LogP contribution in [0.1, 0.15) is 46.0 Å². The van der Waals surface area contributed by atoms with Crippen molar-refractivity contribution in [2.24, 2.45) is 27.2 Å². The van der Waals surface area contributed by atoms with E-state index >= 15 is 0 Å². The van der Waals surface area contributed by atoms with Gasteiger partial charge < -0.3 is 0 Å². The minimum atomic E-state index is -0.293. The molecular weight excluding hydrogens is 228 g/mol. The molecule has 3 saturated carbocycles. The Morgan fingerprint density at radius 2 is 1.67 bits per heavy atom. The Bertz CT molecular complexity index is 492. The number of rotatable bonds is 2. The summed E-state index contributed by atoms with van der Waals surface area (Å²) < 4.78 is 0. The number of carbonyl (C=O) groups excluding carboxylic acids is 2. The van der Waals surface area contributed by atoms with Gasteiger partial charge in [0.05, 0.1) is 11.1 Å². The van der Waals surface area contributed by atoms with Crippen LogP contribution in [0.25, 0.3) is 0 Å². The first-order valence-corrected chi connectivity index (χ1v) is 6.68. The highest BCUT2D eigenvalue weighted by Crippen LogP contribution is 2.74. The Balaban J connectivity index is 2.04. The molecule has 2 bridgehead atoms. The molecular formula is C14H18N2O2. The Morgan fingerprint density at radius 1 is 1.06 bits per heavy atom. The molecule has 4 nitrogen and oxygen atoms in total. The first-order valence-electron chi connectivity index (χ1n) is 6.68. The van der Waals surface area contributed by atoms with E-state index < -0.39 is 0 Å². The third-order valence-corrected chi connectivity index (χ3v) is 5.74. The van der Waals surface area contributed by atoms with Gasteiger partial charge in [-0.15, -0.1) is 0 Å². The van der Waals surface area contributed by atoms with Gasteiger partial charge in [-0.2, -0.15) is 9.98 Å². The van der Waals surface area contributed by atoms with Crippen molar-refractivity contribution in [3.05, 3.63) is 0 Å². The van der Waals surface area contributed by atoms with E-state index in [2.05, 4.69) is 23.8 Å². The van der Waals surface area contributed by atoms with Gasteiger partial charge in [-0.1, -0.05) is 6.42 Å². The van der Waals surface area contributed by atoms with E-state index in [-0.39, 0.29) is 16.5 Å². The monoisotopic (exact) mass is 246 g/mol. The summed E-state index contributed by atoms with van der Waals surface area (Å²) in [6.07, 6.45) is 8.85. The smallest absolute Gasteiger partial charge is 0.211 e. The van der Waals surface area contributed by atoms with Crippen LogP contribution in [-0.2, 0) is 9.59 Å². The van der Waals surface area contributed by atoms with Gasteiger partial charge in [0, 0.05) is 0 Å². The van der Waals surface area contributed by atoms with E-state index in [1.54, 1.807) is 12.2 Å². The lowest BCUT2D eigenvalue weighted by molar-refractivity contribution is -0.0788. The fourth-order valence-corrected chi connectivity index (χ4v) is 5.62. The Hall–Kier alpha value is -1.24. The number of hydrogen-bond acceptors (Lipinski definition) is 4. The van der Waals surface area contributed by atoms with Crippen LogP contribution in [0.2, 0.25) is 0 Å². The summed E-state index contributed by atoms with van der Waals surface area (Å²) in [6, 6.07) is 0. The largest absolute Gasteiger partial charge is 0.235 e. The summed E-state index contributed by atoms with van der Waals surface area (Å²) >= 11 is 0. The van der Waals surface area contributed by atoms with Crippen molar-refractivity contribution in [1.29, 1.82) is 0 Å². The molecule has 3 aliphatic carbocycles. The molecule has 0 spiro atoms. The molecule has 0 aromatic heterocycles. The summed E-state index contributed by atoms with van der Waals surface area (Å²) in [5.41, 5.74) is -0.310. The maximum Gasteiger partial charge on any atom is 0.235 e. The lowest BCUT2D eigenvalue weighted by atomic mass is 9.46. The SMILES string of the molecule is CC1(N=C=O)CC23CCCC1C2C(C)(N=C=O)C3. The van der Waals surface area contributed by atoms with Crippen molar-refractivity contribution in [2.75, 3.05) is 0 Å². The van der Waals surface area contributed by atoms with Crippen LogP contribution in [0.3, 0.4) is 0 Å². The Kier molecular flexibility index (Phi) is 2.24. The van der Waals surface area contributed by atoms with Crippen molar-refractivity contribution in [1.82, 2.24) is 0 Å². The second-order valence-electron chi connectivity index (χ2n) is 6.81. The first kappa shape index (κ1) is 11.8. The maximum atomic E-state index is 10.7. The third-order valence-electron chi connectivity index (χ3n) is 5.74. The molecule has 96 valence electrons. The van der Waals surface area contributed by atoms with Crippen LogP contribution < -0.4 is 0 Å². The van der Waals surface area contributed by atoms with Crippen molar-refractivity contribution in [2.45, 2.75) is 57.0 Å². The molecule has 3 rings (SSSR count). The topological polar surface area (TPSA) is 58.9 Å². The fraction of sp³-hybridized carbons (Fsp3) is 0.857. The van der Waals surface area contributed by atoms with E-state index in [0.29, 0.717) is 11.8 Å². The summed E-state index contributed by atoms with van der Waals surface area (Å²) in [4.78, 5) is 29.5. The zero-order valence-electron chi connectivity index (χ0n) is 10.9. The lowest BCUT2D eigenvalue weighted by Gasteiger charge is -2.60. The first-order chi connectivity index (χ1) is 8.50. The second-order valence-corrected chi connectivity index (χ2v) is 6.81. The average Bonchev–Trinajstić information content (AvgIpc) is 2.37.